The molecule has 0 aromatic rings. The van der Waals surface area contributed by atoms with Gasteiger partial charge >= 0.3 is 0 Å². The van der Waals surface area contributed by atoms with Crippen LogP contribution in [0.25, 0.3) is 0 Å². The molecular weight excluding hydrogens is 140 g/mol. The van der Waals surface area contributed by atoms with E-state index in [1.54, 1.807) is 0 Å². The lowest BCUT2D eigenvalue weighted by atomic mass is 9.69. The van der Waals surface area contributed by atoms with Gasteiger partial charge in [0, 0.05) is 12.0 Å². The van der Waals surface area contributed by atoms with Gasteiger partial charge in [-0.1, -0.05) is 6.42 Å². The third-order valence-corrected chi connectivity index (χ3v) is 3.14. The van der Waals surface area contributed by atoms with E-state index in [2.05, 4.69) is 0 Å². The molecule has 2 atom stereocenters. The van der Waals surface area contributed by atoms with Crippen LogP contribution in [0.15, 0.2) is 0 Å². The first-order valence-electron chi connectivity index (χ1n) is 4.53. The van der Waals surface area contributed by atoms with E-state index in [0.717, 1.165) is 19.1 Å². The highest BCUT2D eigenvalue weighted by Crippen LogP contribution is 2.42. The van der Waals surface area contributed by atoms with E-state index in [9.17, 15) is 5.11 Å². The van der Waals surface area contributed by atoms with Gasteiger partial charge in [-0.05, 0) is 25.2 Å². The van der Waals surface area contributed by atoms with Gasteiger partial charge in [-0.25, -0.2) is 0 Å². The van der Waals surface area contributed by atoms with Gasteiger partial charge < -0.3 is 9.84 Å². The second-order valence-electron chi connectivity index (χ2n) is 4.14. The molecule has 1 saturated heterocycles. The molecule has 1 aliphatic heterocycles. The molecule has 0 amide bonds. The van der Waals surface area contributed by atoms with Crippen LogP contribution in [-0.2, 0) is 4.74 Å². The van der Waals surface area contributed by atoms with Crippen molar-refractivity contribution in [2.75, 3.05) is 19.8 Å². The predicted octanol–water partition coefficient (Wildman–Crippen LogP) is 1.19. The summed E-state index contributed by atoms with van der Waals surface area (Å²) in [7, 11) is 0. The summed E-state index contributed by atoms with van der Waals surface area (Å²) >= 11 is 0. The highest BCUT2D eigenvalue weighted by Gasteiger charge is 2.39. The summed E-state index contributed by atoms with van der Waals surface area (Å²) in [6.45, 7) is 2.05. The molecular formula is C9H16O2. The van der Waals surface area contributed by atoms with Crippen LogP contribution in [0.3, 0.4) is 0 Å². The zero-order chi connectivity index (χ0) is 7.73. The standard InChI is InChI=1S/C9H16O2/c10-6-9-3-1-2-8(4-9)5-11-7-9/h8,10H,1-7H2. The zero-order valence-corrected chi connectivity index (χ0v) is 6.88. The molecule has 0 aromatic heterocycles. The van der Waals surface area contributed by atoms with Gasteiger partial charge in [0.15, 0.2) is 0 Å². The third-order valence-electron chi connectivity index (χ3n) is 3.14. The molecule has 64 valence electrons. The minimum atomic E-state index is 0.154. The van der Waals surface area contributed by atoms with Crippen molar-refractivity contribution >= 4 is 0 Å². The maximum absolute atomic E-state index is 9.21. The monoisotopic (exact) mass is 156 g/mol. The van der Waals surface area contributed by atoms with Crippen LogP contribution >= 0.6 is 0 Å². The van der Waals surface area contributed by atoms with E-state index in [1.807, 2.05) is 0 Å². The summed E-state index contributed by atoms with van der Waals surface area (Å²) < 4.78 is 5.47. The first-order valence-corrected chi connectivity index (χ1v) is 4.53. The molecule has 0 aromatic carbocycles. The Morgan fingerprint density at radius 2 is 2.45 bits per heavy atom. The van der Waals surface area contributed by atoms with Crippen LogP contribution in [0.2, 0.25) is 0 Å². The summed E-state index contributed by atoms with van der Waals surface area (Å²) in [4.78, 5) is 0. The van der Waals surface area contributed by atoms with Crippen molar-refractivity contribution in [3.8, 4) is 0 Å². The molecule has 2 nitrogen and oxygen atoms in total. The summed E-state index contributed by atoms with van der Waals surface area (Å²) in [5.74, 6) is 0.740. The summed E-state index contributed by atoms with van der Waals surface area (Å²) in [6.07, 6.45) is 4.96. The zero-order valence-electron chi connectivity index (χ0n) is 6.88. The van der Waals surface area contributed by atoms with Gasteiger partial charge in [0.05, 0.1) is 13.2 Å². The van der Waals surface area contributed by atoms with Crippen LogP contribution < -0.4 is 0 Å². The van der Waals surface area contributed by atoms with E-state index in [4.69, 9.17) is 4.74 Å². The van der Waals surface area contributed by atoms with Gasteiger partial charge in [0.25, 0.3) is 0 Å². The molecule has 0 spiro atoms. The smallest absolute Gasteiger partial charge is 0.0544 e. The fourth-order valence-corrected chi connectivity index (χ4v) is 2.49. The second-order valence-corrected chi connectivity index (χ2v) is 4.14. The Morgan fingerprint density at radius 3 is 3.18 bits per heavy atom. The lowest BCUT2D eigenvalue weighted by molar-refractivity contribution is -0.0923. The van der Waals surface area contributed by atoms with E-state index in [-0.39, 0.29) is 5.41 Å². The average Bonchev–Trinajstić information content (AvgIpc) is 2.05. The fourth-order valence-electron chi connectivity index (χ4n) is 2.49. The molecule has 2 rings (SSSR count). The molecule has 2 aliphatic rings. The number of hydrogen-bond acceptors (Lipinski definition) is 2. The second kappa shape index (κ2) is 2.76. The Kier molecular flexibility index (Phi) is 1.90. The molecule has 0 radical (unpaired) electrons. The Bertz CT molecular complexity index is 134. The Morgan fingerprint density at radius 1 is 1.55 bits per heavy atom. The molecule has 1 heterocycles. The average molecular weight is 156 g/mol. The predicted molar refractivity (Wildman–Crippen MR) is 42.3 cm³/mol. The largest absolute Gasteiger partial charge is 0.396 e. The van der Waals surface area contributed by atoms with E-state index in [1.165, 1.54) is 25.7 Å². The van der Waals surface area contributed by atoms with E-state index in [0.29, 0.717) is 6.61 Å². The minimum absolute atomic E-state index is 0.154. The number of fused-ring (bicyclic) bond motifs is 2. The lowest BCUT2D eigenvalue weighted by Gasteiger charge is -2.43. The maximum atomic E-state index is 9.21. The summed E-state index contributed by atoms with van der Waals surface area (Å²) in [5, 5.41) is 9.21. The normalized spacial score (nSPS) is 43.9. The summed E-state index contributed by atoms with van der Waals surface area (Å²) in [5.41, 5.74) is 0.154. The molecule has 2 bridgehead atoms. The van der Waals surface area contributed by atoms with Crippen molar-refractivity contribution in [3.05, 3.63) is 0 Å². The number of aliphatic hydroxyl groups is 1. The van der Waals surface area contributed by atoms with Crippen molar-refractivity contribution in [1.29, 1.82) is 0 Å². The Labute approximate surface area is 67.6 Å². The molecule has 1 N–H and O–H groups in total. The van der Waals surface area contributed by atoms with Crippen LogP contribution in [-0.4, -0.2) is 24.9 Å². The minimum Gasteiger partial charge on any atom is -0.396 e. The Hall–Kier alpha value is -0.0800. The van der Waals surface area contributed by atoms with Gasteiger partial charge in [0.1, 0.15) is 0 Å². The first kappa shape index (κ1) is 7.56. The van der Waals surface area contributed by atoms with Gasteiger partial charge in [-0.3, -0.25) is 0 Å². The van der Waals surface area contributed by atoms with Crippen molar-refractivity contribution in [1.82, 2.24) is 0 Å². The quantitative estimate of drug-likeness (QED) is 0.618. The third kappa shape index (κ3) is 1.30. The molecule has 2 unspecified atom stereocenters. The number of ether oxygens (including phenoxy) is 1. The SMILES string of the molecule is OCC12CCCC(COC1)C2. The van der Waals surface area contributed by atoms with E-state index >= 15 is 0 Å². The molecule has 11 heavy (non-hydrogen) atoms. The molecule has 2 fully saturated rings. The molecule has 1 saturated carbocycles. The number of aliphatic hydroxyl groups excluding tert-OH is 1. The van der Waals surface area contributed by atoms with Gasteiger partial charge in [0.2, 0.25) is 0 Å². The van der Waals surface area contributed by atoms with Gasteiger partial charge in [-0.15, -0.1) is 0 Å². The fraction of sp³-hybridized carbons (Fsp3) is 1.00. The van der Waals surface area contributed by atoms with Gasteiger partial charge in [-0.2, -0.15) is 0 Å². The number of rotatable bonds is 1. The summed E-state index contributed by atoms with van der Waals surface area (Å²) in [6, 6.07) is 0. The van der Waals surface area contributed by atoms with Crippen molar-refractivity contribution in [2.45, 2.75) is 25.7 Å². The van der Waals surface area contributed by atoms with Crippen LogP contribution in [0, 0.1) is 11.3 Å². The van der Waals surface area contributed by atoms with Crippen LogP contribution in [0.5, 0.6) is 0 Å². The lowest BCUT2D eigenvalue weighted by Crippen LogP contribution is -2.42. The first-order chi connectivity index (χ1) is 5.35. The van der Waals surface area contributed by atoms with Crippen molar-refractivity contribution in [3.63, 3.8) is 0 Å². The highest BCUT2D eigenvalue weighted by molar-refractivity contribution is 4.88. The Balaban J connectivity index is 2.07. The molecule has 2 heteroatoms. The highest BCUT2D eigenvalue weighted by atomic mass is 16.5. The van der Waals surface area contributed by atoms with E-state index < -0.39 is 0 Å². The van der Waals surface area contributed by atoms with Crippen LogP contribution in [0.1, 0.15) is 25.7 Å². The topological polar surface area (TPSA) is 29.5 Å². The van der Waals surface area contributed by atoms with Crippen LogP contribution in [0.4, 0.5) is 0 Å². The van der Waals surface area contributed by atoms with Crippen molar-refractivity contribution < 1.29 is 9.84 Å². The number of hydrogen-bond donors (Lipinski definition) is 1. The molecule has 1 aliphatic carbocycles. The van der Waals surface area contributed by atoms with Crippen molar-refractivity contribution in [2.24, 2.45) is 11.3 Å². The maximum Gasteiger partial charge on any atom is 0.0544 e.